The molecule has 0 radical (unpaired) electrons. The summed E-state index contributed by atoms with van der Waals surface area (Å²) in [6.07, 6.45) is 13.3. The summed E-state index contributed by atoms with van der Waals surface area (Å²) in [5.74, 6) is 3.17. The molecule has 0 spiro atoms. The number of aromatic nitrogens is 3. The number of rotatable bonds is 6. The molecular formula is C24H37IN6O. The van der Waals surface area contributed by atoms with Crippen molar-refractivity contribution in [3.05, 3.63) is 41.9 Å². The van der Waals surface area contributed by atoms with Gasteiger partial charge in [0.05, 0.1) is 6.20 Å². The van der Waals surface area contributed by atoms with Gasteiger partial charge >= 0.3 is 0 Å². The van der Waals surface area contributed by atoms with Crippen LogP contribution in [0.15, 0.2) is 35.7 Å². The first-order chi connectivity index (χ1) is 15.1. The maximum absolute atomic E-state index is 6.16. The summed E-state index contributed by atoms with van der Waals surface area (Å²) in [4.78, 5) is 11.3. The van der Waals surface area contributed by atoms with Gasteiger partial charge in [0.15, 0.2) is 5.96 Å². The molecule has 1 atom stereocenters. The van der Waals surface area contributed by atoms with Crippen LogP contribution >= 0.6 is 24.0 Å². The quantitative estimate of drug-likeness (QED) is 0.333. The van der Waals surface area contributed by atoms with E-state index in [1.54, 1.807) is 0 Å². The number of hydrogen-bond acceptors (Lipinski definition) is 4. The zero-order valence-electron chi connectivity index (χ0n) is 19.5. The van der Waals surface area contributed by atoms with E-state index in [0.29, 0.717) is 12.0 Å². The second-order valence-corrected chi connectivity index (χ2v) is 9.23. The fourth-order valence-electron chi connectivity index (χ4n) is 4.76. The molecule has 32 heavy (non-hydrogen) atoms. The first-order valence-corrected chi connectivity index (χ1v) is 11.6. The zero-order chi connectivity index (χ0) is 21.6. The Labute approximate surface area is 209 Å². The van der Waals surface area contributed by atoms with E-state index < -0.39 is 0 Å². The van der Waals surface area contributed by atoms with Gasteiger partial charge in [-0.25, -0.2) is 4.98 Å². The Bertz CT molecular complexity index is 877. The summed E-state index contributed by atoms with van der Waals surface area (Å²) in [6.45, 7) is 5.11. The Morgan fingerprint density at radius 3 is 2.75 bits per heavy atom. The van der Waals surface area contributed by atoms with Gasteiger partial charge in [0, 0.05) is 52.2 Å². The molecule has 2 aliphatic rings. The van der Waals surface area contributed by atoms with Crippen molar-refractivity contribution in [2.75, 3.05) is 20.1 Å². The molecular weight excluding hydrogens is 515 g/mol. The maximum atomic E-state index is 6.16. The Kier molecular flexibility index (Phi) is 9.19. The number of likely N-dealkylation sites (tertiary alicyclic amines) is 1. The van der Waals surface area contributed by atoms with Gasteiger partial charge in [0.25, 0.3) is 0 Å². The van der Waals surface area contributed by atoms with Crippen LogP contribution in [0, 0.1) is 11.8 Å². The number of halogens is 1. The number of ether oxygens (including phenoxy) is 1. The van der Waals surface area contributed by atoms with Gasteiger partial charge in [-0.1, -0.05) is 6.92 Å². The van der Waals surface area contributed by atoms with Gasteiger partial charge in [-0.3, -0.25) is 9.67 Å². The number of hydrogen-bond donors (Lipinski definition) is 1. The lowest BCUT2D eigenvalue weighted by Gasteiger charge is -2.26. The number of aryl methyl sites for hydroxylation is 1. The second kappa shape index (κ2) is 11.9. The predicted molar refractivity (Wildman–Crippen MR) is 138 cm³/mol. The average Bonchev–Trinajstić information content (AvgIpc) is 3.40. The van der Waals surface area contributed by atoms with Gasteiger partial charge in [-0.15, -0.1) is 24.0 Å². The van der Waals surface area contributed by atoms with Crippen molar-refractivity contribution in [3.63, 3.8) is 0 Å². The summed E-state index contributed by atoms with van der Waals surface area (Å²) >= 11 is 0. The van der Waals surface area contributed by atoms with E-state index in [1.165, 1.54) is 30.4 Å². The number of pyridine rings is 1. The molecule has 176 valence electrons. The second-order valence-electron chi connectivity index (χ2n) is 9.23. The lowest BCUT2D eigenvalue weighted by atomic mass is 9.89. The Balaban J connectivity index is 0.00000289. The predicted octanol–water partition coefficient (Wildman–Crippen LogP) is 4.03. The highest BCUT2D eigenvalue weighted by molar-refractivity contribution is 14.0. The summed E-state index contributed by atoms with van der Waals surface area (Å²) < 4.78 is 8.04. The van der Waals surface area contributed by atoms with E-state index in [-0.39, 0.29) is 24.0 Å². The summed E-state index contributed by atoms with van der Waals surface area (Å²) in [5, 5.41) is 7.82. The molecule has 3 heterocycles. The Morgan fingerprint density at radius 2 is 2.03 bits per heavy atom. The van der Waals surface area contributed by atoms with Crippen molar-refractivity contribution < 1.29 is 4.74 Å². The fourth-order valence-corrected chi connectivity index (χ4v) is 4.76. The van der Waals surface area contributed by atoms with Crippen molar-refractivity contribution in [1.82, 2.24) is 25.0 Å². The van der Waals surface area contributed by atoms with E-state index in [1.807, 2.05) is 37.2 Å². The van der Waals surface area contributed by atoms with Crippen LogP contribution < -0.4 is 10.1 Å². The van der Waals surface area contributed by atoms with Gasteiger partial charge in [-0.05, 0) is 67.6 Å². The van der Waals surface area contributed by atoms with Crippen LogP contribution in [0.5, 0.6) is 5.88 Å². The molecule has 1 aliphatic heterocycles. The minimum absolute atomic E-state index is 0. The third kappa shape index (κ3) is 6.83. The molecule has 1 N–H and O–H groups in total. The molecule has 1 saturated heterocycles. The third-order valence-electron chi connectivity index (χ3n) is 6.58. The molecule has 2 aromatic heterocycles. The summed E-state index contributed by atoms with van der Waals surface area (Å²) in [5.41, 5.74) is 2.48. The van der Waals surface area contributed by atoms with E-state index in [0.717, 1.165) is 56.7 Å². The average molecular weight is 553 g/mol. The van der Waals surface area contributed by atoms with Crippen LogP contribution in [-0.4, -0.2) is 51.9 Å². The van der Waals surface area contributed by atoms with Crippen LogP contribution in [0.4, 0.5) is 0 Å². The first kappa shape index (κ1) is 24.8. The number of nitrogens with one attached hydrogen (secondary N) is 1. The molecule has 0 amide bonds. The Hall–Kier alpha value is -1.84. The van der Waals surface area contributed by atoms with E-state index >= 15 is 0 Å². The van der Waals surface area contributed by atoms with E-state index in [2.05, 4.69) is 44.5 Å². The molecule has 4 rings (SSSR count). The van der Waals surface area contributed by atoms with Crippen LogP contribution in [0.3, 0.4) is 0 Å². The monoisotopic (exact) mass is 552 g/mol. The SMILES string of the molecule is CN=C(NCc1ccnc(OC2CCC(C)CC2)c1)N1CCC(Cc2cnn(C)c2)C1.I. The molecule has 1 aliphatic carbocycles. The topological polar surface area (TPSA) is 67.6 Å². The van der Waals surface area contributed by atoms with Gasteiger partial charge in [-0.2, -0.15) is 5.10 Å². The smallest absolute Gasteiger partial charge is 0.213 e. The van der Waals surface area contributed by atoms with Crippen molar-refractivity contribution in [1.29, 1.82) is 0 Å². The highest BCUT2D eigenvalue weighted by atomic mass is 127. The van der Waals surface area contributed by atoms with Gasteiger partial charge < -0.3 is 15.0 Å². The molecule has 0 bridgehead atoms. The van der Waals surface area contributed by atoms with Crippen molar-refractivity contribution in [2.45, 2.75) is 58.1 Å². The minimum Gasteiger partial charge on any atom is -0.474 e. The molecule has 1 unspecified atom stereocenters. The van der Waals surface area contributed by atoms with Gasteiger partial charge in [0.1, 0.15) is 6.10 Å². The number of nitrogens with zero attached hydrogens (tertiary/aromatic N) is 5. The lowest BCUT2D eigenvalue weighted by Crippen LogP contribution is -2.39. The molecule has 8 heteroatoms. The summed E-state index contributed by atoms with van der Waals surface area (Å²) in [7, 11) is 3.84. The van der Waals surface area contributed by atoms with E-state index in [4.69, 9.17) is 4.74 Å². The number of aliphatic imine (C=N–C) groups is 1. The Morgan fingerprint density at radius 1 is 1.22 bits per heavy atom. The van der Waals surface area contributed by atoms with Crippen LogP contribution in [-0.2, 0) is 20.0 Å². The normalized spacial score (nSPS) is 23.7. The van der Waals surface area contributed by atoms with Crippen LogP contribution in [0.2, 0.25) is 0 Å². The minimum atomic E-state index is 0. The number of guanidine groups is 1. The fraction of sp³-hybridized carbons (Fsp3) is 0.625. The van der Waals surface area contributed by atoms with Crippen molar-refractivity contribution in [2.24, 2.45) is 23.9 Å². The van der Waals surface area contributed by atoms with E-state index in [9.17, 15) is 0 Å². The summed E-state index contributed by atoms with van der Waals surface area (Å²) in [6, 6.07) is 4.11. The van der Waals surface area contributed by atoms with Crippen molar-refractivity contribution in [3.8, 4) is 5.88 Å². The molecule has 2 aromatic rings. The lowest BCUT2D eigenvalue weighted by molar-refractivity contribution is 0.130. The highest BCUT2D eigenvalue weighted by Gasteiger charge is 2.25. The van der Waals surface area contributed by atoms with Crippen LogP contribution in [0.25, 0.3) is 0 Å². The highest BCUT2D eigenvalue weighted by Crippen LogP contribution is 2.27. The van der Waals surface area contributed by atoms with Crippen molar-refractivity contribution >= 4 is 29.9 Å². The maximum Gasteiger partial charge on any atom is 0.213 e. The largest absolute Gasteiger partial charge is 0.474 e. The zero-order valence-corrected chi connectivity index (χ0v) is 21.9. The van der Waals surface area contributed by atoms with Crippen LogP contribution in [0.1, 0.15) is 50.2 Å². The molecule has 2 fully saturated rings. The molecule has 7 nitrogen and oxygen atoms in total. The molecule has 1 saturated carbocycles. The van der Waals surface area contributed by atoms with Gasteiger partial charge in [0.2, 0.25) is 5.88 Å². The standard InChI is InChI=1S/C24H36N6O.HI/c1-18-4-6-22(7-5-18)31-23-13-19(8-10-26-23)14-27-24(25-2)30-11-9-20(17-30)12-21-15-28-29(3)16-21;/h8,10,13,15-16,18,20,22H,4-7,9,11-12,14,17H2,1-3H3,(H,25,27);1H. The molecule has 0 aromatic carbocycles. The third-order valence-corrected chi connectivity index (χ3v) is 6.58. The first-order valence-electron chi connectivity index (χ1n) is 11.6.